The van der Waals surface area contributed by atoms with Crippen molar-refractivity contribution in [2.45, 2.75) is 45.1 Å². The lowest BCUT2D eigenvalue weighted by Gasteiger charge is -2.32. The Hall–Kier alpha value is -1.60. The van der Waals surface area contributed by atoms with Gasteiger partial charge >= 0.3 is 0 Å². The van der Waals surface area contributed by atoms with Gasteiger partial charge in [0.05, 0.1) is 0 Å². The van der Waals surface area contributed by atoms with Crippen LogP contribution in [0.4, 0.5) is 0 Å². The fourth-order valence-electron chi connectivity index (χ4n) is 3.44. The summed E-state index contributed by atoms with van der Waals surface area (Å²) in [4.78, 5) is 2.60. The minimum Gasteiger partial charge on any atom is -0.299 e. The second-order valence-corrected chi connectivity index (χ2v) is 6.86. The van der Waals surface area contributed by atoms with Crippen LogP contribution in [0.1, 0.15) is 55.2 Å². The van der Waals surface area contributed by atoms with Gasteiger partial charge in [-0.05, 0) is 54.5 Å². The van der Waals surface area contributed by atoms with E-state index < -0.39 is 0 Å². The zero-order chi connectivity index (χ0) is 15.4. The van der Waals surface area contributed by atoms with E-state index in [1.54, 1.807) is 5.56 Å². The molecule has 2 aromatic rings. The van der Waals surface area contributed by atoms with Crippen LogP contribution in [0.25, 0.3) is 0 Å². The molecule has 1 nitrogen and oxygen atoms in total. The van der Waals surface area contributed by atoms with E-state index in [1.807, 2.05) is 0 Å². The first-order valence-electron chi connectivity index (χ1n) is 8.58. The molecule has 0 aromatic heterocycles. The fourth-order valence-corrected chi connectivity index (χ4v) is 3.44. The topological polar surface area (TPSA) is 3.24 Å². The molecule has 0 aliphatic carbocycles. The van der Waals surface area contributed by atoms with Crippen LogP contribution >= 0.6 is 0 Å². The Morgan fingerprint density at radius 2 is 1.68 bits per heavy atom. The lowest BCUT2D eigenvalue weighted by atomic mass is 9.87. The molecule has 0 bridgehead atoms. The number of rotatable bonds is 4. The second kappa shape index (κ2) is 7.11. The molecule has 1 fully saturated rings. The molecule has 0 atom stereocenters. The molecule has 116 valence electrons. The van der Waals surface area contributed by atoms with Gasteiger partial charge in [0.2, 0.25) is 0 Å². The van der Waals surface area contributed by atoms with Crippen molar-refractivity contribution in [2.24, 2.45) is 0 Å². The molecule has 1 heteroatoms. The van der Waals surface area contributed by atoms with Crippen LogP contribution in [-0.4, -0.2) is 18.0 Å². The van der Waals surface area contributed by atoms with E-state index in [-0.39, 0.29) is 0 Å². The standard InChI is InChI=1S/C21H27N/c1-17(2)20-9-6-10-21(15-20)19-11-13-22(14-12-19)16-18-7-4-3-5-8-18/h3-10,15,17,19H,11-14,16H2,1-2H3. The molecule has 3 rings (SSSR count). The molecule has 22 heavy (non-hydrogen) atoms. The highest BCUT2D eigenvalue weighted by atomic mass is 15.1. The average Bonchev–Trinajstić information content (AvgIpc) is 2.56. The number of likely N-dealkylation sites (tertiary alicyclic amines) is 1. The highest BCUT2D eigenvalue weighted by Gasteiger charge is 2.20. The molecule has 1 heterocycles. The van der Waals surface area contributed by atoms with Crippen LogP contribution in [-0.2, 0) is 6.54 Å². The summed E-state index contributed by atoms with van der Waals surface area (Å²) in [6.45, 7) is 8.08. The van der Waals surface area contributed by atoms with Gasteiger partial charge in [-0.2, -0.15) is 0 Å². The fraction of sp³-hybridized carbons (Fsp3) is 0.429. The highest BCUT2D eigenvalue weighted by Crippen LogP contribution is 2.30. The van der Waals surface area contributed by atoms with E-state index in [0.29, 0.717) is 5.92 Å². The zero-order valence-corrected chi connectivity index (χ0v) is 13.8. The van der Waals surface area contributed by atoms with Gasteiger partial charge in [0.1, 0.15) is 0 Å². The summed E-state index contributed by atoms with van der Waals surface area (Å²) in [7, 11) is 0. The molecule has 0 amide bonds. The summed E-state index contributed by atoms with van der Waals surface area (Å²) in [6.07, 6.45) is 2.57. The Kier molecular flexibility index (Phi) is 4.94. The highest BCUT2D eigenvalue weighted by molar-refractivity contribution is 5.28. The first kappa shape index (κ1) is 15.3. The number of piperidine rings is 1. The van der Waals surface area contributed by atoms with Gasteiger partial charge in [-0.25, -0.2) is 0 Å². The smallest absolute Gasteiger partial charge is 0.0233 e. The van der Waals surface area contributed by atoms with Crippen molar-refractivity contribution in [1.29, 1.82) is 0 Å². The van der Waals surface area contributed by atoms with Crippen molar-refractivity contribution in [3.05, 3.63) is 71.3 Å². The van der Waals surface area contributed by atoms with Gasteiger partial charge in [0, 0.05) is 6.54 Å². The molecule has 1 aliphatic rings. The lowest BCUT2D eigenvalue weighted by Crippen LogP contribution is -2.32. The quantitative estimate of drug-likeness (QED) is 0.750. The van der Waals surface area contributed by atoms with Crippen molar-refractivity contribution < 1.29 is 0 Å². The molecular formula is C21H27N. The second-order valence-electron chi connectivity index (χ2n) is 6.86. The Bertz CT molecular complexity index is 580. The first-order valence-corrected chi connectivity index (χ1v) is 8.58. The summed E-state index contributed by atoms with van der Waals surface area (Å²) in [5, 5.41) is 0. The molecule has 0 spiro atoms. The van der Waals surface area contributed by atoms with Gasteiger partial charge in [-0.15, -0.1) is 0 Å². The molecule has 0 radical (unpaired) electrons. The van der Waals surface area contributed by atoms with Crippen LogP contribution in [0.15, 0.2) is 54.6 Å². The SMILES string of the molecule is CC(C)c1cccc(C2CCN(Cc3ccccc3)CC2)c1. The summed E-state index contributed by atoms with van der Waals surface area (Å²) >= 11 is 0. The van der Waals surface area contributed by atoms with Gasteiger partial charge in [-0.1, -0.05) is 68.4 Å². The summed E-state index contributed by atoms with van der Waals surface area (Å²) < 4.78 is 0. The van der Waals surface area contributed by atoms with E-state index in [2.05, 4.69) is 73.3 Å². The molecule has 0 saturated carbocycles. The maximum absolute atomic E-state index is 2.60. The maximum Gasteiger partial charge on any atom is 0.0233 e. The summed E-state index contributed by atoms with van der Waals surface area (Å²) in [5.74, 6) is 1.36. The van der Waals surface area contributed by atoms with E-state index in [4.69, 9.17) is 0 Å². The Balaban J connectivity index is 1.58. The molecule has 0 unspecified atom stereocenters. The van der Waals surface area contributed by atoms with E-state index in [9.17, 15) is 0 Å². The third-order valence-electron chi connectivity index (χ3n) is 4.89. The molecular weight excluding hydrogens is 266 g/mol. The first-order chi connectivity index (χ1) is 10.7. The average molecular weight is 293 g/mol. The Labute approximate surface area is 135 Å². The van der Waals surface area contributed by atoms with Gasteiger partial charge in [0.25, 0.3) is 0 Å². The molecule has 1 saturated heterocycles. The van der Waals surface area contributed by atoms with Crippen molar-refractivity contribution in [3.63, 3.8) is 0 Å². The van der Waals surface area contributed by atoms with Crippen molar-refractivity contribution in [2.75, 3.05) is 13.1 Å². The van der Waals surface area contributed by atoms with Crippen molar-refractivity contribution >= 4 is 0 Å². The van der Waals surface area contributed by atoms with E-state index in [1.165, 1.54) is 37.1 Å². The van der Waals surface area contributed by atoms with Crippen LogP contribution < -0.4 is 0 Å². The zero-order valence-electron chi connectivity index (χ0n) is 13.8. The van der Waals surface area contributed by atoms with E-state index in [0.717, 1.165) is 12.5 Å². The largest absolute Gasteiger partial charge is 0.299 e. The molecule has 1 aliphatic heterocycles. The van der Waals surface area contributed by atoms with Crippen LogP contribution in [0, 0.1) is 0 Å². The summed E-state index contributed by atoms with van der Waals surface area (Å²) in [6, 6.07) is 20.1. The third-order valence-corrected chi connectivity index (χ3v) is 4.89. The van der Waals surface area contributed by atoms with Gasteiger partial charge in [0.15, 0.2) is 0 Å². The third kappa shape index (κ3) is 3.78. The van der Waals surface area contributed by atoms with Crippen molar-refractivity contribution in [3.8, 4) is 0 Å². The Morgan fingerprint density at radius 3 is 2.36 bits per heavy atom. The molecule has 0 N–H and O–H groups in total. The summed E-state index contributed by atoms with van der Waals surface area (Å²) in [5.41, 5.74) is 4.46. The maximum atomic E-state index is 2.60. The van der Waals surface area contributed by atoms with Gasteiger partial charge < -0.3 is 0 Å². The normalized spacial score (nSPS) is 17.0. The van der Waals surface area contributed by atoms with Crippen LogP contribution in [0.2, 0.25) is 0 Å². The van der Waals surface area contributed by atoms with Crippen LogP contribution in [0.3, 0.4) is 0 Å². The monoisotopic (exact) mass is 293 g/mol. The lowest BCUT2D eigenvalue weighted by molar-refractivity contribution is 0.204. The number of hydrogen-bond acceptors (Lipinski definition) is 1. The Morgan fingerprint density at radius 1 is 0.955 bits per heavy atom. The predicted molar refractivity (Wildman–Crippen MR) is 94.2 cm³/mol. The van der Waals surface area contributed by atoms with Crippen LogP contribution in [0.5, 0.6) is 0 Å². The van der Waals surface area contributed by atoms with Gasteiger partial charge in [-0.3, -0.25) is 4.90 Å². The minimum atomic E-state index is 0.623. The predicted octanol–water partition coefficient (Wildman–Crippen LogP) is 5.19. The number of nitrogens with zero attached hydrogens (tertiary/aromatic N) is 1. The minimum absolute atomic E-state index is 0.623. The van der Waals surface area contributed by atoms with E-state index >= 15 is 0 Å². The number of benzene rings is 2. The number of hydrogen-bond donors (Lipinski definition) is 0. The molecule has 2 aromatic carbocycles. The van der Waals surface area contributed by atoms with Crippen molar-refractivity contribution in [1.82, 2.24) is 4.90 Å².